The highest BCUT2D eigenvalue weighted by Gasteiger charge is 2.18. The number of H-pyrrole nitrogens is 1. The molecule has 0 aliphatic carbocycles. The molecule has 5 aromatic heterocycles. The number of nitrogens with two attached hydrogens (primary N) is 8. The molecule has 5 heterocycles. The Hall–Kier alpha value is -7.42. The first-order chi connectivity index (χ1) is 22.8. The molecule has 0 radical (unpaired) electrons. The van der Waals surface area contributed by atoms with E-state index in [1.807, 2.05) is 0 Å². The first-order valence-electron chi connectivity index (χ1n) is 12.8. The number of rotatable bonds is 4. The van der Waals surface area contributed by atoms with Crippen molar-refractivity contribution >= 4 is 71.1 Å². The molecule has 5 rings (SSSR count). The Morgan fingerprint density at radius 2 is 1.19 bits per heavy atom. The smallest absolute Gasteiger partial charge is 0.352 e. The minimum atomic E-state index is -0.797. The fraction of sp³-hybridized carbons (Fsp3) is 0.240. The van der Waals surface area contributed by atoms with E-state index < -0.39 is 35.3 Å². The number of anilines is 3. The van der Waals surface area contributed by atoms with Gasteiger partial charge in [-0.05, 0) is 0 Å². The van der Waals surface area contributed by atoms with Crippen LogP contribution in [0.5, 0.6) is 0 Å². The van der Waals surface area contributed by atoms with E-state index in [2.05, 4.69) is 35.2 Å². The standard InChI is InChI=1S/C6H6N6O2.C6H10N6O2.C6H8N4O2.C4H6N4O.3CH4.ClH/c1-11-6(14)12-2-8-3(4(7)13)5(12)9-10-11;1-11(9)6(14)12-2-10-3(4(12)7)5(8)13;1-3(11)10-2-9-4(5(10)7)6(8)12;5-3-2(4(6)9)7-1-8-3;;;;/h2H,1H3,(H2,7,13);2H,7,9H2,1H3,(H2,8,13);2H,7H2,1H3,(H2,8,12);1H,5H2,(H2,6,9)(H,7,8);3*1H4;1H. The van der Waals surface area contributed by atoms with Crippen molar-refractivity contribution in [2.45, 2.75) is 29.2 Å². The minimum Gasteiger partial charge on any atom is -0.383 e. The summed E-state index contributed by atoms with van der Waals surface area (Å²) < 4.78 is 4.12. The molecule has 5 aromatic rings. The summed E-state index contributed by atoms with van der Waals surface area (Å²) in [5, 5.41) is 7.95. The highest BCUT2D eigenvalue weighted by molar-refractivity contribution is 5.98. The third kappa shape index (κ3) is 11.9. The van der Waals surface area contributed by atoms with Gasteiger partial charge in [-0.2, -0.15) is 4.68 Å². The molecule has 0 unspecified atom stereocenters. The number of nitrogens with zero attached hydrogens (tertiary/aromatic N) is 11. The summed E-state index contributed by atoms with van der Waals surface area (Å²) in [5.41, 5.74) is 35.3. The maximum absolute atomic E-state index is 11.4. The SMILES string of the molecule is C.C.C.CC(=O)n1cnc(C(N)=O)c1N.CN(N)C(=O)n1cnc(C(N)=O)c1N.Cl.Cn1nnc2c(C(N)=O)ncn2c1=O.NC(=O)c1[nH]cnc1N. The molecule has 0 saturated carbocycles. The molecule has 0 aliphatic heterocycles. The number of fused-ring (bicyclic) bond motifs is 1. The number of aryl methyl sites for hydroxylation is 1. The van der Waals surface area contributed by atoms with Crippen LogP contribution in [-0.2, 0) is 7.05 Å². The molecule has 53 heavy (non-hydrogen) atoms. The van der Waals surface area contributed by atoms with Gasteiger partial charge in [-0.15, -0.1) is 17.5 Å². The van der Waals surface area contributed by atoms with E-state index in [1.165, 1.54) is 33.7 Å². The summed E-state index contributed by atoms with van der Waals surface area (Å²) in [7, 11) is 2.78. The van der Waals surface area contributed by atoms with Gasteiger partial charge in [0.15, 0.2) is 28.5 Å². The number of aromatic amines is 1. The van der Waals surface area contributed by atoms with Gasteiger partial charge in [0.25, 0.3) is 23.6 Å². The summed E-state index contributed by atoms with van der Waals surface area (Å²) in [4.78, 5) is 92.9. The van der Waals surface area contributed by atoms with E-state index in [0.29, 0.717) is 0 Å². The first kappa shape index (κ1) is 50.0. The molecule has 28 heteroatoms. The molecule has 0 bridgehead atoms. The molecule has 17 N–H and O–H groups in total. The second-order valence-electron chi connectivity index (χ2n) is 9.01. The Morgan fingerprint density at radius 3 is 1.53 bits per heavy atom. The number of primary amides is 4. The average molecular weight is 771 g/mol. The summed E-state index contributed by atoms with van der Waals surface area (Å²) in [6, 6.07) is -0.609. The number of hydrazine groups is 1. The summed E-state index contributed by atoms with van der Waals surface area (Å²) in [6.45, 7) is 1.31. The van der Waals surface area contributed by atoms with E-state index in [0.717, 1.165) is 35.9 Å². The molecular weight excluding hydrogens is 728 g/mol. The van der Waals surface area contributed by atoms with Gasteiger partial charge < -0.3 is 45.1 Å². The van der Waals surface area contributed by atoms with Crippen LogP contribution in [0.1, 0.15) is 76.0 Å². The van der Waals surface area contributed by atoms with Gasteiger partial charge in [-0.1, -0.05) is 27.5 Å². The van der Waals surface area contributed by atoms with Gasteiger partial charge in [0.1, 0.15) is 36.3 Å². The fourth-order valence-corrected chi connectivity index (χ4v) is 3.23. The van der Waals surface area contributed by atoms with E-state index in [9.17, 15) is 33.6 Å². The summed E-state index contributed by atoms with van der Waals surface area (Å²) >= 11 is 0. The van der Waals surface area contributed by atoms with Crippen LogP contribution < -0.4 is 51.7 Å². The lowest BCUT2D eigenvalue weighted by atomic mass is 10.4. The van der Waals surface area contributed by atoms with E-state index in [1.54, 1.807) is 0 Å². The average Bonchev–Trinajstić information content (AvgIpc) is 3.81. The molecule has 0 aliphatic rings. The van der Waals surface area contributed by atoms with Crippen molar-refractivity contribution in [3.8, 4) is 0 Å². The van der Waals surface area contributed by atoms with Crippen LogP contribution in [0.25, 0.3) is 5.65 Å². The van der Waals surface area contributed by atoms with Crippen molar-refractivity contribution < 1.29 is 28.8 Å². The Balaban J connectivity index is -0.000000620. The Labute approximate surface area is 306 Å². The molecule has 5 amide bonds. The van der Waals surface area contributed by atoms with Crippen molar-refractivity contribution in [2.75, 3.05) is 24.2 Å². The lowest BCUT2D eigenvalue weighted by Crippen LogP contribution is -2.37. The summed E-state index contributed by atoms with van der Waals surface area (Å²) in [5.74, 6) is 2.00. The highest BCUT2D eigenvalue weighted by atomic mass is 35.5. The molecule has 292 valence electrons. The zero-order chi connectivity index (χ0) is 37.3. The number of carbonyl (C=O) groups is 6. The number of imidazole rings is 4. The van der Waals surface area contributed by atoms with Gasteiger partial charge >= 0.3 is 11.7 Å². The second kappa shape index (κ2) is 20.9. The zero-order valence-electron chi connectivity index (χ0n) is 26.1. The quantitative estimate of drug-likeness (QED) is 0.0496. The second-order valence-corrected chi connectivity index (χ2v) is 9.01. The third-order valence-corrected chi connectivity index (χ3v) is 5.57. The third-order valence-electron chi connectivity index (χ3n) is 5.57. The van der Waals surface area contributed by atoms with Crippen LogP contribution in [-0.4, -0.2) is 101 Å². The minimum absolute atomic E-state index is 0. The van der Waals surface area contributed by atoms with Crippen molar-refractivity contribution in [3.05, 3.63) is 58.6 Å². The van der Waals surface area contributed by atoms with Crippen LogP contribution in [0.15, 0.2) is 30.1 Å². The van der Waals surface area contributed by atoms with Gasteiger partial charge in [-0.25, -0.2) is 44.3 Å². The maximum atomic E-state index is 11.4. The van der Waals surface area contributed by atoms with Crippen LogP contribution in [0.2, 0.25) is 0 Å². The van der Waals surface area contributed by atoms with Gasteiger partial charge in [-0.3, -0.25) is 33.5 Å². The predicted molar refractivity (Wildman–Crippen MR) is 193 cm³/mol. The van der Waals surface area contributed by atoms with Crippen LogP contribution in [0, 0.1) is 0 Å². The lowest BCUT2D eigenvalue weighted by Gasteiger charge is -2.10. The first-order valence-corrected chi connectivity index (χ1v) is 12.8. The van der Waals surface area contributed by atoms with Crippen LogP contribution in [0.3, 0.4) is 0 Å². The molecule has 0 spiro atoms. The number of carbonyl (C=O) groups excluding carboxylic acids is 6. The highest BCUT2D eigenvalue weighted by Crippen LogP contribution is 2.09. The van der Waals surface area contributed by atoms with Crippen molar-refractivity contribution in [3.63, 3.8) is 0 Å². The molecular formula is C25H43ClN20O7. The number of amides is 5. The number of halogens is 1. The van der Waals surface area contributed by atoms with Crippen LogP contribution in [0.4, 0.5) is 22.2 Å². The van der Waals surface area contributed by atoms with Gasteiger partial charge in [0.2, 0.25) is 5.91 Å². The van der Waals surface area contributed by atoms with Crippen molar-refractivity contribution in [1.29, 1.82) is 0 Å². The molecule has 0 aromatic carbocycles. The van der Waals surface area contributed by atoms with E-state index in [-0.39, 0.29) is 86.5 Å². The topological polar surface area (TPSA) is 443 Å². The van der Waals surface area contributed by atoms with Gasteiger partial charge in [0, 0.05) is 21.0 Å². The van der Waals surface area contributed by atoms with E-state index >= 15 is 0 Å². The number of hydrogen-bond acceptors (Lipinski definition) is 17. The summed E-state index contributed by atoms with van der Waals surface area (Å²) in [6.07, 6.45) is 4.75. The molecule has 0 saturated heterocycles. The fourth-order valence-electron chi connectivity index (χ4n) is 3.23. The van der Waals surface area contributed by atoms with Crippen molar-refractivity contribution in [1.82, 2.24) is 58.5 Å². The molecule has 27 nitrogen and oxygen atoms in total. The van der Waals surface area contributed by atoms with Crippen LogP contribution >= 0.6 is 12.4 Å². The number of nitrogens with one attached hydrogen (secondary N) is 1. The number of aromatic nitrogens is 11. The predicted octanol–water partition coefficient (Wildman–Crippen LogP) is -3.10. The monoisotopic (exact) mass is 770 g/mol. The number of hydrogen-bond donors (Lipinski definition) is 9. The van der Waals surface area contributed by atoms with Gasteiger partial charge in [0.05, 0.1) is 6.33 Å². The molecule has 0 atom stereocenters. The maximum Gasteiger partial charge on any atom is 0.352 e. The Morgan fingerprint density at radius 1 is 0.736 bits per heavy atom. The lowest BCUT2D eigenvalue weighted by molar-refractivity contribution is 0.0936. The van der Waals surface area contributed by atoms with Crippen molar-refractivity contribution in [2.24, 2.45) is 35.8 Å². The Kier molecular flexibility index (Phi) is 19.7. The largest absolute Gasteiger partial charge is 0.383 e. The Bertz CT molecular complexity index is 2080. The number of nitrogen functional groups attached to an aromatic ring is 3. The van der Waals surface area contributed by atoms with E-state index in [4.69, 9.17) is 46.0 Å². The zero-order valence-corrected chi connectivity index (χ0v) is 26.9. The normalized spacial score (nSPS) is 9.21. The molecule has 0 fully saturated rings.